The molecule has 7 heteroatoms. The Kier molecular flexibility index (Phi) is 5.98. The van der Waals surface area contributed by atoms with Crippen LogP contribution in [0, 0.1) is 11.8 Å². The molecule has 0 radical (unpaired) electrons. The first kappa shape index (κ1) is 21.3. The van der Waals surface area contributed by atoms with Gasteiger partial charge in [-0.15, -0.1) is 0 Å². The maximum absolute atomic E-state index is 12.7. The van der Waals surface area contributed by atoms with Gasteiger partial charge in [0.05, 0.1) is 10.9 Å². The highest BCUT2D eigenvalue weighted by Gasteiger charge is 2.33. The van der Waals surface area contributed by atoms with Gasteiger partial charge in [0.1, 0.15) is 0 Å². The molecule has 7 nitrogen and oxygen atoms in total. The second kappa shape index (κ2) is 8.14. The van der Waals surface area contributed by atoms with E-state index >= 15 is 0 Å². The highest BCUT2D eigenvalue weighted by atomic mass is 16.2. The van der Waals surface area contributed by atoms with Crippen LogP contribution in [-0.4, -0.2) is 45.5 Å². The molecule has 1 amide bonds. The Balaban J connectivity index is 1.76. The summed E-state index contributed by atoms with van der Waals surface area (Å²) in [6, 6.07) is 4.81. The van der Waals surface area contributed by atoms with Gasteiger partial charge in [0.15, 0.2) is 0 Å². The third kappa shape index (κ3) is 4.45. The summed E-state index contributed by atoms with van der Waals surface area (Å²) in [6.45, 7) is 13.5. The third-order valence-corrected chi connectivity index (χ3v) is 5.97. The largest absolute Gasteiger partial charge is 0.350 e. The van der Waals surface area contributed by atoms with E-state index in [2.05, 4.69) is 42.9 Å². The average molecular weight is 401 g/mol. The van der Waals surface area contributed by atoms with Crippen molar-refractivity contribution in [2.75, 3.05) is 19.6 Å². The Hall–Kier alpha value is -2.41. The number of nitrogens with one attached hydrogen (secondary N) is 2. The number of carbonyl (C=O) groups is 1. The van der Waals surface area contributed by atoms with E-state index in [9.17, 15) is 14.4 Å². The standard InChI is InChI=1S/C22H32N4O3/c1-6-26-20(28)17-8-7-16(10-18(17)24-21(26)29)19(27)23-13-22(4,5)25-11-14(2)9-15(3)12-25/h7-8,10,14-15H,6,9,11-13H2,1-5H3,(H,23,27)(H,24,29)/t14-,15-/m1/s1. The lowest BCUT2D eigenvalue weighted by atomic mass is 9.88. The van der Waals surface area contributed by atoms with Gasteiger partial charge in [0, 0.05) is 37.3 Å². The lowest BCUT2D eigenvalue weighted by molar-refractivity contribution is 0.0445. The minimum Gasteiger partial charge on any atom is -0.350 e. The molecule has 1 saturated heterocycles. The number of aromatic amines is 1. The second-order valence-corrected chi connectivity index (χ2v) is 9.09. The Labute approximate surface area is 171 Å². The number of aromatic nitrogens is 2. The highest BCUT2D eigenvalue weighted by Crippen LogP contribution is 2.27. The van der Waals surface area contributed by atoms with E-state index in [1.807, 2.05) is 0 Å². The molecule has 1 aliphatic heterocycles. The topological polar surface area (TPSA) is 87.2 Å². The number of rotatable bonds is 5. The quantitative estimate of drug-likeness (QED) is 0.805. The van der Waals surface area contributed by atoms with Crippen LogP contribution >= 0.6 is 0 Å². The molecule has 1 fully saturated rings. The molecular weight excluding hydrogens is 368 g/mol. The second-order valence-electron chi connectivity index (χ2n) is 9.09. The molecule has 1 aromatic carbocycles. The number of piperidine rings is 1. The molecule has 1 aromatic heterocycles. The van der Waals surface area contributed by atoms with Gasteiger partial charge in [-0.1, -0.05) is 13.8 Å². The Bertz CT molecular complexity index is 1010. The number of amides is 1. The predicted molar refractivity (Wildman–Crippen MR) is 115 cm³/mol. The summed E-state index contributed by atoms with van der Waals surface area (Å²) in [4.78, 5) is 42.3. The predicted octanol–water partition coefficient (Wildman–Crippen LogP) is 2.20. The number of hydrogen-bond donors (Lipinski definition) is 2. The van der Waals surface area contributed by atoms with Crippen molar-refractivity contribution in [2.45, 2.75) is 53.1 Å². The maximum Gasteiger partial charge on any atom is 0.328 e. The van der Waals surface area contributed by atoms with Crippen molar-refractivity contribution in [3.05, 3.63) is 44.6 Å². The number of fused-ring (bicyclic) bond motifs is 1. The lowest BCUT2D eigenvalue weighted by Crippen LogP contribution is -2.56. The van der Waals surface area contributed by atoms with Crippen LogP contribution in [0.15, 0.2) is 27.8 Å². The van der Waals surface area contributed by atoms with Crippen molar-refractivity contribution in [1.29, 1.82) is 0 Å². The minimum absolute atomic E-state index is 0.154. The third-order valence-electron chi connectivity index (χ3n) is 5.97. The maximum atomic E-state index is 12.7. The van der Waals surface area contributed by atoms with E-state index in [1.165, 1.54) is 6.42 Å². The van der Waals surface area contributed by atoms with Gasteiger partial charge in [-0.3, -0.25) is 19.1 Å². The molecule has 1 aliphatic rings. The molecular formula is C22H32N4O3. The van der Waals surface area contributed by atoms with Gasteiger partial charge in [0.25, 0.3) is 11.5 Å². The van der Waals surface area contributed by atoms with Crippen molar-refractivity contribution in [3.8, 4) is 0 Å². The van der Waals surface area contributed by atoms with Crippen molar-refractivity contribution in [1.82, 2.24) is 19.8 Å². The first-order chi connectivity index (χ1) is 13.6. The van der Waals surface area contributed by atoms with E-state index < -0.39 is 5.69 Å². The van der Waals surface area contributed by atoms with Gasteiger partial charge in [-0.2, -0.15) is 0 Å². The van der Waals surface area contributed by atoms with E-state index in [4.69, 9.17) is 0 Å². The fraction of sp³-hybridized carbons (Fsp3) is 0.591. The molecule has 2 atom stereocenters. The molecule has 0 saturated carbocycles. The first-order valence-corrected chi connectivity index (χ1v) is 10.4. The number of H-pyrrole nitrogens is 1. The number of benzene rings is 1. The fourth-order valence-corrected chi connectivity index (χ4v) is 4.35. The monoisotopic (exact) mass is 400 g/mol. The van der Waals surface area contributed by atoms with E-state index in [-0.39, 0.29) is 17.0 Å². The van der Waals surface area contributed by atoms with Crippen LogP contribution in [0.5, 0.6) is 0 Å². The van der Waals surface area contributed by atoms with Crippen LogP contribution in [-0.2, 0) is 6.54 Å². The number of nitrogens with zero attached hydrogens (tertiary/aromatic N) is 2. The molecule has 0 spiro atoms. The summed E-state index contributed by atoms with van der Waals surface area (Å²) >= 11 is 0. The molecule has 2 heterocycles. The summed E-state index contributed by atoms with van der Waals surface area (Å²) in [5.41, 5.74) is -0.142. The molecule has 158 valence electrons. The van der Waals surface area contributed by atoms with Crippen LogP contribution in [0.1, 0.15) is 51.4 Å². The van der Waals surface area contributed by atoms with Gasteiger partial charge in [-0.05, 0) is 57.2 Å². The SMILES string of the molecule is CCn1c(=O)[nH]c2cc(C(=O)NCC(C)(C)N3C[C@H](C)C[C@@H](C)C3)ccc2c1=O. The van der Waals surface area contributed by atoms with E-state index in [0.717, 1.165) is 17.7 Å². The Morgan fingerprint density at radius 1 is 1.21 bits per heavy atom. The molecule has 2 aromatic rings. The van der Waals surface area contributed by atoms with Crippen molar-refractivity contribution in [2.24, 2.45) is 11.8 Å². The van der Waals surface area contributed by atoms with Gasteiger partial charge in [-0.25, -0.2) is 4.79 Å². The van der Waals surface area contributed by atoms with Crippen molar-refractivity contribution < 1.29 is 4.79 Å². The molecule has 29 heavy (non-hydrogen) atoms. The zero-order valence-corrected chi connectivity index (χ0v) is 18.0. The number of carbonyl (C=O) groups excluding carboxylic acids is 1. The smallest absolute Gasteiger partial charge is 0.328 e. The zero-order chi connectivity index (χ0) is 21.3. The fourth-order valence-electron chi connectivity index (χ4n) is 4.35. The van der Waals surface area contributed by atoms with E-state index in [0.29, 0.717) is 41.4 Å². The average Bonchev–Trinajstić information content (AvgIpc) is 2.65. The Morgan fingerprint density at radius 2 is 1.86 bits per heavy atom. The number of likely N-dealkylation sites (tertiary alicyclic amines) is 1. The molecule has 0 bridgehead atoms. The summed E-state index contributed by atoms with van der Waals surface area (Å²) in [7, 11) is 0. The van der Waals surface area contributed by atoms with Crippen LogP contribution < -0.4 is 16.6 Å². The normalized spacial score (nSPS) is 20.7. The first-order valence-electron chi connectivity index (χ1n) is 10.4. The summed E-state index contributed by atoms with van der Waals surface area (Å²) in [5, 5.41) is 3.43. The molecule has 2 N–H and O–H groups in total. The molecule has 3 rings (SSSR count). The van der Waals surface area contributed by atoms with Crippen molar-refractivity contribution in [3.63, 3.8) is 0 Å². The van der Waals surface area contributed by atoms with Crippen LogP contribution in [0.4, 0.5) is 0 Å². The Morgan fingerprint density at radius 3 is 2.48 bits per heavy atom. The van der Waals surface area contributed by atoms with Crippen LogP contribution in [0.3, 0.4) is 0 Å². The molecule has 0 unspecified atom stereocenters. The lowest BCUT2D eigenvalue weighted by Gasteiger charge is -2.45. The van der Waals surface area contributed by atoms with Crippen LogP contribution in [0.25, 0.3) is 10.9 Å². The van der Waals surface area contributed by atoms with E-state index in [1.54, 1.807) is 25.1 Å². The summed E-state index contributed by atoms with van der Waals surface area (Å²) < 4.78 is 1.14. The molecule has 0 aliphatic carbocycles. The van der Waals surface area contributed by atoms with Gasteiger partial charge < -0.3 is 10.3 Å². The number of hydrogen-bond acceptors (Lipinski definition) is 4. The summed E-state index contributed by atoms with van der Waals surface area (Å²) in [6.07, 6.45) is 1.24. The van der Waals surface area contributed by atoms with Gasteiger partial charge in [0.2, 0.25) is 0 Å². The van der Waals surface area contributed by atoms with Crippen LogP contribution in [0.2, 0.25) is 0 Å². The zero-order valence-electron chi connectivity index (χ0n) is 18.0. The van der Waals surface area contributed by atoms with Gasteiger partial charge >= 0.3 is 5.69 Å². The summed E-state index contributed by atoms with van der Waals surface area (Å²) in [5.74, 6) is 1.09. The van der Waals surface area contributed by atoms with Crippen molar-refractivity contribution >= 4 is 16.8 Å². The minimum atomic E-state index is -0.461. The highest BCUT2D eigenvalue weighted by molar-refractivity contribution is 5.97.